The first-order valence-electron chi connectivity index (χ1n) is 8.13. The number of amides is 2. The van der Waals surface area contributed by atoms with Crippen LogP contribution in [0, 0.1) is 6.92 Å². The number of hydrogen-bond acceptors (Lipinski definition) is 4. The molecule has 6 nitrogen and oxygen atoms in total. The molecule has 0 unspecified atom stereocenters. The maximum Gasteiger partial charge on any atom is 0.257 e. The first-order valence-corrected chi connectivity index (χ1v) is 8.51. The molecule has 0 saturated carbocycles. The maximum atomic E-state index is 12.3. The molecule has 132 valence electrons. The van der Waals surface area contributed by atoms with Gasteiger partial charge in [-0.2, -0.15) is 0 Å². The molecule has 0 radical (unpaired) electrons. The van der Waals surface area contributed by atoms with Crippen molar-refractivity contribution in [1.29, 1.82) is 0 Å². The van der Waals surface area contributed by atoms with Crippen LogP contribution in [-0.4, -0.2) is 54.3 Å². The zero-order valence-corrected chi connectivity index (χ0v) is 14.8. The van der Waals surface area contributed by atoms with Gasteiger partial charge in [0.05, 0.1) is 18.4 Å². The zero-order chi connectivity index (χ0) is 17.8. The van der Waals surface area contributed by atoms with Gasteiger partial charge < -0.3 is 14.6 Å². The third kappa shape index (κ3) is 4.21. The maximum absolute atomic E-state index is 12.3. The van der Waals surface area contributed by atoms with E-state index >= 15 is 0 Å². The van der Waals surface area contributed by atoms with Crippen LogP contribution in [0.25, 0.3) is 0 Å². The van der Waals surface area contributed by atoms with E-state index < -0.39 is 0 Å². The largest absolute Gasteiger partial charge is 0.472 e. The summed E-state index contributed by atoms with van der Waals surface area (Å²) in [7, 11) is 0. The number of anilines is 1. The van der Waals surface area contributed by atoms with Crippen LogP contribution < -0.4 is 5.32 Å². The van der Waals surface area contributed by atoms with E-state index in [1.165, 1.54) is 12.5 Å². The van der Waals surface area contributed by atoms with Gasteiger partial charge in [0.25, 0.3) is 5.91 Å². The molecule has 0 bridgehead atoms. The molecule has 1 aliphatic heterocycles. The average Bonchev–Trinajstić information content (AvgIpc) is 3.13. The number of nitrogens with one attached hydrogen (secondary N) is 1. The molecule has 2 aromatic rings. The van der Waals surface area contributed by atoms with Gasteiger partial charge in [-0.15, -0.1) is 0 Å². The van der Waals surface area contributed by atoms with Gasteiger partial charge in [0, 0.05) is 36.9 Å². The number of carbonyl (C=O) groups is 2. The Kier molecular flexibility index (Phi) is 5.40. The molecule has 0 spiro atoms. The summed E-state index contributed by atoms with van der Waals surface area (Å²) in [5, 5.41) is 3.53. The minimum atomic E-state index is -0.0834. The van der Waals surface area contributed by atoms with Crippen molar-refractivity contribution < 1.29 is 14.0 Å². The molecule has 2 amide bonds. The summed E-state index contributed by atoms with van der Waals surface area (Å²) in [6, 6.07) is 7.10. The number of piperazine rings is 1. The normalized spacial score (nSPS) is 15.2. The lowest BCUT2D eigenvalue weighted by molar-refractivity contribution is -0.117. The molecular formula is C18H20ClN3O3. The third-order valence-electron chi connectivity index (χ3n) is 4.34. The molecule has 1 fully saturated rings. The van der Waals surface area contributed by atoms with Crippen LogP contribution in [0.15, 0.2) is 41.2 Å². The topological polar surface area (TPSA) is 65.8 Å². The van der Waals surface area contributed by atoms with Gasteiger partial charge in [0.15, 0.2) is 0 Å². The predicted molar refractivity (Wildman–Crippen MR) is 95.9 cm³/mol. The predicted octanol–water partition coefficient (Wildman–Crippen LogP) is 2.64. The number of benzene rings is 1. The first-order chi connectivity index (χ1) is 12.0. The highest BCUT2D eigenvalue weighted by molar-refractivity contribution is 6.31. The van der Waals surface area contributed by atoms with E-state index in [0.717, 1.165) is 11.3 Å². The van der Waals surface area contributed by atoms with Gasteiger partial charge >= 0.3 is 0 Å². The van der Waals surface area contributed by atoms with Gasteiger partial charge in [-0.3, -0.25) is 14.5 Å². The van der Waals surface area contributed by atoms with E-state index in [1.807, 2.05) is 24.0 Å². The van der Waals surface area contributed by atoms with Gasteiger partial charge in [0.1, 0.15) is 6.26 Å². The fourth-order valence-electron chi connectivity index (χ4n) is 2.81. The highest BCUT2D eigenvalue weighted by atomic mass is 35.5. The minimum absolute atomic E-state index is 0.0348. The lowest BCUT2D eigenvalue weighted by Crippen LogP contribution is -2.50. The van der Waals surface area contributed by atoms with E-state index in [0.29, 0.717) is 43.3 Å². The Balaban J connectivity index is 1.49. The zero-order valence-electron chi connectivity index (χ0n) is 14.0. The van der Waals surface area contributed by atoms with E-state index in [2.05, 4.69) is 5.32 Å². The molecule has 7 heteroatoms. The van der Waals surface area contributed by atoms with E-state index in [4.69, 9.17) is 16.0 Å². The number of carbonyl (C=O) groups excluding carboxylic acids is 2. The number of furan rings is 1. The van der Waals surface area contributed by atoms with Crippen LogP contribution in [0.3, 0.4) is 0 Å². The van der Waals surface area contributed by atoms with Crippen molar-refractivity contribution in [3.8, 4) is 0 Å². The van der Waals surface area contributed by atoms with Crippen molar-refractivity contribution in [2.75, 3.05) is 38.0 Å². The van der Waals surface area contributed by atoms with Crippen molar-refractivity contribution >= 4 is 29.1 Å². The minimum Gasteiger partial charge on any atom is -0.472 e. The van der Waals surface area contributed by atoms with Crippen molar-refractivity contribution in [3.05, 3.63) is 52.9 Å². The van der Waals surface area contributed by atoms with Gasteiger partial charge in [-0.05, 0) is 30.7 Å². The van der Waals surface area contributed by atoms with Crippen LogP contribution in [0.5, 0.6) is 0 Å². The Hall–Kier alpha value is -2.31. The van der Waals surface area contributed by atoms with Crippen LogP contribution in [0.2, 0.25) is 5.02 Å². The van der Waals surface area contributed by atoms with Crippen molar-refractivity contribution in [3.63, 3.8) is 0 Å². The van der Waals surface area contributed by atoms with Crippen molar-refractivity contribution in [2.24, 2.45) is 0 Å². The smallest absolute Gasteiger partial charge is 0.257 e. The Morgan fingerprint density at radius 3 is 2.64 bits per heavy atom. The monoisotopic (exact) mass is 361 g/mol. The second-order valence-corrected chi connectivity index (χ2v) is 6.45. The summed E-state index contributed by atoms with van der Waals surface area (Å²) >= 11 is 6.07. The van der Waals surface area contributed by atoms with E-state index in [-0.39, 0.29) is 11.8 Å². The second-order valence-electron chi connectivity index (χ2n) is 6.04. The average molecular weight is 362 g/mol. The summed E-state index contributed by atoms with van der Waals surface area (Å²) in [6.07, 6.45) is 2.95. The summed E-state index contributed by atoms with van der Waals surface area (Å²) in [6.45, 7) is 4.66. The Morgan fingerprint density at radius 1 is 1.20 bits per heavy atom. The molecule has 0 aliphatic carbocycles. The molecule has 25 heavy (non-hydrogen) atoms. The summed E-state index contributed by atoms with van der Waals surface area (Å²) in [5.74, 6) is -0.118. The molecule has 1 aromatic carbocycles. The van der Waals surface area contributed by atoms with Crippen LogP contribution >= 0.6 is 11.6 Å². The Labute approximate surface area is 151 Å². The lowest BCUT2D eigenvalue weighted by Gasteiger charge is -2.34. The first kappa shape index (κ1) is 17.5. The van der Waals surface area contributed by atoms with Crippen molar-refractivity contribution in [2.45, 2.75) is 6.92 Å². The molecule has 0 atom stereocenters. The molecule has 1 aromatic heterocycles. The summed E-state index contributed by atoms with van der Waals surface area (Å²) in [4.78, 5) is 28.3. The molecule has 1 N–H and O–H groups in total. The van der Waals surface area contributed by atoms with Gasteiger partial charge in [-0.25, -0.2) is 0 Å². The Bertz CT molecular complexity index is 753. The van der Waals surface area contributed by atoms with Crippen LogP contribution in [0.1, 0.15) is 15.9 Å². The third-order valence-corrected chi connectivity index (χ3v) is 4.75. The molecule has 1 saturated heterocycles. The number of halogens is 1. The van der Waals surface area contributed by atoms with E-state index in [1.54, 1.807) is 17.0 Å². The van der Waals surface area contributed by atoms with Gasteiger partial charge in [-0.1, -0.05) is 17.7 Å². The molecule has 1 aliphatic rings. The van der Waals surface area contributed by atoms with Crippen LogP contribution in [-0.2, 0) is 4.79 Å². The number of nitrogens with zero attached hydrogens (tertiary/aromatic N) is 2. The lowest BCUT2D eigenvalue weighted by atomic mass is 10.2. The Morgan fingerprint density at radius 2 is 1.96 bits per heavy atom. The molecule has 3 rings (SSSR count). The molecular weight excluding hydrogens is 342 g/mol. The highest BCUT2D eigenvalue weighted by Crippen LogP contribution is 2.22. The van der Waals surface area contributed by atoms with Crippen molar-refractivity contribution in [1.82, 2.24) is 9.80 Å². The fourth-order valence-corrected chi connectivity index (χ4v) is 2.99. The van der Waals surface area contributed by atoms with Gasteiger partial charge in [0.2, 0.25) is 5.91 Å². The fraction of sp³-hybridized carbons (Fsp3) is 0.333. The van der Waals surface area contributed by atoms with Crippen LogP contribution in [0.4, 0.5) is 5.69 Å². The summed E-state index contributed by atoms with van der Waals surface area (Å²) < 4.78 is 4.95. The second kappa shape index (κ2) is 7.72. The molecule has 2 heterocycles. The quantitative estimate of drug-likeness (QED) is 0.909. The number of hydrogen-bond donors (Lipinski definition) is 1. The standard InChI is InChI=1S/C18H20ClN3O3/c1-13-15(19)3-2-4-16(13)20-17(23)11-21-6-8-22(9-7-21)18(24)14-5-10-25-12-14/h2-5,10,12H,6-9,11H2,1H3,(H,20,23). The number of rotatable bonds is 4. The SMILES string of the molecule is Cc1c(Cl)cccc1NC(=O)CN1CCN(C(=O)c2ccoc2)CC1. The highest BCUT2D eigenvalue weighted by Gasteiger charge is 2.23. The summed E-state index contributed by atoms with van der Waals surface area (Å²) in [5.41, 5.74) is 2.14. The van der Waals surface area contributed by atoms with E-state index in [9.17, 15) is 9.59 Å².